The predicted octanol–water partition coefficient (Wildman–Crippen LogP) is 0.955. The van der Waals surface area contributed by atoms with Crippen molar-refractivity contribution in [3.63, 3.8) is 0 Å². The van der Waals surface area contributed by atoms with Gasteiger partial charge in [0.05, 0.1) is 23.0 Å². The molecule has 10 heteroatoms. The summed E-state index contributed by atoms with van der Waals surface area (Å²) in [5, 5.41) is 3.89. The van der Waals surface area contributed by atoms with Gasteiger partial charge in [0.2, 0.25) is 15.9 Å². The minimum Gasteiger partial charge on any atom is -0.469 e. The van der Waals surface area contributed by atoms with Gasteiger partial charge in [-0.1, -0.05) is 5.16 Å². The van der Waals surface area contributed by atoms with E-state index in [1.165, 1.54) is 10.6 Å². The van der Waals surface area contributed by atoms with Gasteiger partial charge in [-0.15, -0.1) is 0 Å². The van der Waals surface area contributed by atoms with Crippen LogP contribution in [0.2, 0.25) is 0 Å². The molecule has 2 aliphatic rings. The Balaban J connectivity index is 1.69. The Kier molecular flexibility index (Phi) is 4.15. The highest BCUT2D eigenvalue weighted by atomic mass is 32.2. The first kappa shape index (κ1) is 18.2. The minimum atomic E-state index is -3.34. The number of likely N-dealkylation sites (tertiary alicyclic amines) is 1. The Bertz CT molecular complexity index is 981. The van der Waals surface area contributed by atoms with Gasteiger partial charge in [0, 0.05) is 32.1 Å². The summed E-state index contributed by atoms with van der Waals surface area (Å²) < 4.78 is 37.0. The number of nitrogens with zero attached hydrogens (tertiary/aromatic N) is 4. The van der Waals surface area contributed by atoms with Crippen LogP contribution in [0.5, 0.6) is 0 Å². The number of rotatable bonds is 4. The molecule has 4 heterocycles. The number of fused-ring (bicyclic) bond motifs is 1. The second kappa shape index (κ2) is 6.16. The highest BCUT2D eigenvalue weighted by molar-refractivity contribution is 7.89. The highest BCUT2D eigenvalue weighted by Crippen LogP contribution is 2.45. The fraction of sp³-hybridized carbons (Fsp3) is 0.588. The lowest BCUT2D eigenvalue weighted by Gasteiger charge is -2.25. The van der Waals surface area contributed by atoms with E-state index in [1.807, 2.05) is 0 Å². The summed E-state index contributed by atoms with van der Waals surface area (Å²) in [7, 11) is -3.34. The third-order valence-electron chi connectivity index (χ3n) is 5.67. The second-order valence-electron chi connectivity index (χ2n) is 7.27. The molecule has 0 radical (unpaired) electrons. The lowest BCUT2D eigenvalue weighted by atomic mass is 9.81. The Labute approximate surface area is 157 Å². The number of carbonyl (C=O) groups excluding carboxylic acids is 1. The van der Waals surface area contributed by atoms with Gasteiger partial charge in [-0.05, 0) is 26.8 Å². The van der Waals surface area contributed by atoms with Gasteiger partial charge in [0.25, 0.3) is 5.91 Å². The molecule has 2 fully saturated rings. The minimum absolute atomic E-state index is 0.0372. The third kappa shape index (κ3) is 2.78. The van der Waals surface area contributed by atoms with Crippen molar-refractivity contribution in [3.05, 3.63) is 35.4 Å². The Morgan fingerprint density at radius 3 is 2.70 bits per heavy atom. The zero-order chi connectivity index (χ0) is 19.4. The van der Waals surface area contributed by atoms with Gasteiger partial charge < -0.3 is 13.8 Å². The van der Waals surface area contributed by atoms with Crippen molar-refractivity contribution in [2.45, 2.75) is 26.2 Å². The van der Waals surface area contributed by atoms with E-state index in [2.05, 4.69) is 10.1 Å². The van der Waals surface area contributed by atoms with Crippen LogP contribution in [0.4, 0.5) is 0 Å². The first-order valence-corrected chi connectivity index (χ1v) is 10.5. The first-order valence-electron chi connectivity index (χ1n) is 8.89. The van der Waals surface area contributed by atoms with Gasteiger partial charge in [-0.3, -0.25) is 4.79 Å². The molecule has 1 amide bonds. The molecule has 0 aliphatic carbocycles. The zero-order valence-corrected chi connectivity index (χ0v) is 16.3. The molecule has 2 aromatic rings. The topological polar surface area (TPSA) is 110 Å². The smallest absolute Gasteiger partial charge is 0.257 e. The highest BCUT2D eigenvalue weighted by Gasteiger charge is 2.59. The maximum atomic E-state index is 12.9. The number of carbonyl (C=O) groups is 1. The predicted molar refractivity (Wildman–Crippen MR) is 94.6 cm³/mol. The van der Waals surface area contributed by atoms with Crippen LogP contribution in [0, 0.1) is 19.8 Å². The lowest BCUT2D eigenvalue weighted by molar-refractivity contribution is 0.0771. The van der Waals surface area contributed by atoms with Crippen molar-refractivity contribution in [2.24, 2.45) is 5.92 Å². The molecular weight excluding hydrogens is 372 g/mol. The number of sulfonamides is 1. The molecule has 0 bridgehead atoms. The first-order chi connectivity index (χ1) is 12.8. The second-order valence-corrected chi connectivity index (χ2v) is 9.53. The van der Waals surface area contributed by atoms with Crippen molar-refractivity contribution < 1.29 is 22.2 Å². The van der Waals surface area contributed by atoms with Gasteiger partial charge in [-0.2, -0.15) is 4.98 Å². The van der Waals surface area contributed by atoms with E-state index in [1.54, 1.807) is 31.7 Å². The molecule has 146 valence electrons. The van der Waals surface area contributed by atoms with Crippen LogP contribution in [-0.4, -0.2) is 65.6 Å². The zero-order valence-electron chi connectivity index (χ0n) is 15.5. The molecule has 0 unspecified atom stereocenters. The molecular formula is C17H22N4O5S. The van der Waals surface area contributed by atoms with E-state index in [0.717, 1.165) is 0 Å². The molecule has 2 aromatic heterocycles. The molecule has 0 spiro atoms. The van der Waals surface area contributed by atoms with E-state index in [0.29, 0.717) is 42.7 Å². The summed E-state index contributed by atoms with van der Waals surface area (Å²) in [6.07, 6.45) is 1.49. The molecule has 0 N–H and O–H groups in total. The molecule has 27 heavy (non-hydrogen) atoms. The monoisotopic (exact) mass is 394 g/mol. The Hall–Kier alpha value is -2.20. The molecule has 9 nitrogen and oxygen atoms in total. The SMILES string of the molecule is CCS(=O)(=O)N1C[C@@H]2CN(C(=O)c3ccoc3C)C[C@]2(c2nc(C)no2)C1. The number of aromatic nitrogens is 2. The molecule has 0 saturated carbocycles. The van der Waals surface area contributed by atoms with Crippen molar-refractivity contribution >= 4 is 15.9 Å². The molecule has 2 atom stereocenters. The largest absolute Gasteiger partial charge is 0.469 e. The fourth-order valence-electron chi connectivity index (χ4n) is 4.15. The lowest BCUT2D eigenvalue weighted by Crippen LogP contribution is -2.41. The average Bonchev–Trinajstić information content (AvgIpc) is 3.36. The van der Waals surface area contributed by atoms with E-state index in [-0.39, 0.29) is 24.1 Å². The number of hydrogen-bond acceptors (Lipinski definition) is 7. The Morgan fingerprint density at radius 2 is 2.11 bits per heavy atom. The number of amides is 1. The maximum Gasteiger partial charge on any atom is 0.257 e. The molecule has 2 aliphatic heterocycles. The van der Waals surface area contributed by atoms with Crippen molar-refractivity contribution in [3.8, 4) is 0 Å². The number of furan rings is 1. The van der Waals surface area contributed by atoms with E-state index >= 15 is 0 Å². The number of hydrogen-bond donors (Lipinski definition) is 0. The van der Waals surface area contributed by atoms with Crippen molar-refractivity contribution in [1.29, 1.82) is 0 Å². The van der Waals surface area contributed by atoms with Crippen molar-refractivity contribution in [2.75, 3.05) is 31.9 Å². The van der Waals surface area contributed by atoms with Gasteiger partial charge >= 0.3 is 0 Å². The summed E-state index contributed by atoms with van der Waals surface area (Å²) >= 11 is 0. The van der Waals surface area contributed by atoms with Gasteiger partial charge in [-0.25, -0.2) is 12.7 Å². The molecule has 4 rings (SSSR count). The van der Waals surface area contributed by atoms with Crippen LogP contribution in [0.15, 0.2) is 21.3 Å². The number of aryl methyl sites for hydroxylation is 2. The quantitative estimate of drug-likeness (QED) is 0.759. The standard InChI is InChI=1S/C17H22N4O5S/c1-4-27(23,24)21-8-13-7-20(15(22)14-5-6-25-11(14)2)9-17(13,10-21)16-18-12(3)19-26-16/h5-6,13H,4,7-10H2,1-3H3/t13-,17-/m0/s1. The van der Waals surface area contributed by atoms with Gasteiger partial charge in [0.15, 0.2) is 5.82 Å². The summed E-state index contributed by atoms with van der Waals surface area (Å²) in [6, 6.07) is 1.66. The van der Waals surface area contributed by atoms with E-state index in [4.69, 9.17) is 8.94 Å². The Morgan fingerprint density at radius 1 is 1.33 bits per heavy atom. The van der Waals surface area contributed by atoms with Crippen LogP contribution >= 0.6 is 0 Å². The summed E-state index contributed by atoms with van der Waals surface area (Å²) in [4.78, 5) is 19.1. The van der Waals surface area contributed by atoms with Gasteiger partial charge in [0.1, 0.15) is 5.76 Å². The van der Waals surface area contributed by atoms with Crippen LogP contribution in [0.1, 0.15) is 34.8 Å². The third-order valence-corrected chi connectivity index (χ3v) is 7.46. The summed E-state index contributed by atoms with van der Waals surface area (Å²) in [5.41, 5.74) is -0.165. The van der Waals surface area contributed by atoms with Crippen molar-refractivity contribution in [1.82, 2.24) is 19.3 Å². The fourth-order valence-corrected chi connectivity index (χ4v) is 5.35. The van der Waals surface area contributed by atoms with E-state index < -0.39 is 15.4 Å². The van der Waals surface area contributed by atoms with Crippen LogP contribution in [-0.2, 0) is 15.4 Å². The van der Waals surface area contributed by atoms with Crippen LogP contribution in [0.3, 0.4) is 0 Å². The molecule has 0 aromatic carbocycles. The summed E-state index contributed by atoms with van der Waals surface area (Å²) in [6.45, 7) is 6.44. The maximum absolute atomic E-state index is 12.9. The molecule has 2 saturated heterocycles. The van der Waals surface area contributed by atoms with Crippen LogP contribution in [0.25, 0.3) is 0 Å². The summed E-state index contributed by atoms with van der Waals surface area (Å²) in [5.74, 6) is 1.26. The normalized spacial score (nSPS) is 25.9. The van der Waals surface area contributed by atoms with E-state index in [9.17, 15) is 13.2 Å². The average molecular weight is 394 g/mol. The van der Waals surface area contributed by atoms with Crippen LogP contribution < -0.4 is 0 Å².